The summed E-state index contributed by atoms with van der Waals surface area (Å²) in [5.74, 6) is 1.80. The number of rotatable bonds is 8. The molecular formula is C35H56N2+2. The third-order valence-electron chi connectivity index (χ3n) is 8.86. The van der Waals surface area contributed by atoms with E-state index in [4.69, 9.17) is 0 Å². The highest BCUT2D eigenvalue weighted by atomic mass is 15.4. The van der Waals surface area contributed by atoms with E-state index in [9.17, 15) is 0 Å². The van der Waals surface area contributed by atoms with Crippen molar-refractivity contribution in [2.75, 3.05) is 40.3 Å². The van der Waals surface area contributed by atoms with Gasteiger partial charge in [0.15, 0.2) is 0 Å². The van der Waals surface area contributed by atoms with Crippen LogP contribution in [-0.2, 0) is 25.9 Å². The number of nitrogens with zero attached hydrogens (tertiary/aromatic N) is 2. The molecule has 2 saturated heterocycles. The van der Waals surface area contributed by atoms with Gasteiger partial charge in [-0.3, -0.25) is 0 Å². The quantitative estimate of drug-likeness (QED) is 0.321. The fourth-order valence-electron chi connectivity index (χ4n) is 7.38. The van der Waals surface area contributed by atoms with Gasteiger partial charge in [0.25, 0.3) is 0 Å². The van der Waals surface area contributed by atoms with Crippen molar-refractivity contribution < 1.29 is 8.97 Å². The first-order chi connectivity index (χ1) is 17.2. The van der Waals surface area contributed by atoms with Gasteiger partial charge in [0.1, 0.15) is 13.1 Å². The zero-order valence-corrected chi connectivity index (χ0v) is 25.4. The third kappa shape index (κ3) is 8.69. The van der Waals surface area contributed by atoms with Crippen molar-refractivity contribution in [3.8, 4) is 0 Å². The van der Waals surface area contributed by atoms with Crippen LogP contribution >= 0.6 is 0 Å². The lowest BCUT2D eigenvalue weighted by atomic mass is 9.88. The summed E-state index contributed by atoms with van der Waals surface area (Å²) in [5.41, 5.74) is 6.68. The van der Waals surface area contributed by atoms with E-state index in [2.05, 4.69) is 104 Å². The first kappa shape index (κ1) is 28.4. The highest BCUT2D eigenvalue weighted by Crippen LogP contribution is 2.35. The Morgan fingerprint density at radius 3 is 1.22 bits per heavy atom. The third-order valence-corrected chi connectivity index (χ3v) is 8.86. The van der Waals surface area contributed by atoms with Gasteiger partial charge >= 0.3 is 0 Å². The predicted molar refractivity (Wildman–Crippen MR) is 159 cm³/mol. The monoisotopic (exact) mass is 504 g/mol. The molecule has 0 aliphatic carbocycles. The number of likely N-dealkylation sites (tertiary alicyclic amines) is 2. The summed E-state index contributed by atoms with van der Waals surface area (Å²) in [7, 11) is 5.00. The fraction of sp³-hybridized carbons (Fsp3) is 0.657. The van der Waals surface area contributed by atoms with E-state index in [1.54, 1.807) is 0 Å². The Morgan fingerprint density at radius 1 is 0.568 bits per heavy atom. The summed E-state index contributed by atoms with van der Waals surface area (Å²) < 4.78 is 2.45. The maximum atomic E-state index is 2.50. The zero-order valence-electron chi connectivity index (χ0n) is 25.4. The first-order valence-corrected chi connectivity index (χ1v) is 15.0. The second-order valence-electron chi connectivity index (χ2n) is 16.0. The number of hydrogen-bond donors (Lipinski definition) is 0. The van der Waals surface area contributed by atoms with Gasteiger partial charge in [0.2, 0.25) is 0 Å². The number of hydrogen-bond acceptors (Lipinski definition) is 0. The number of benzene rings is 2. The molecule has 0 radical (unpaired) electrons. The van der Waals surface area contributed by atoms with Crippen molar-refractivity contribution in [1.82, 2.24) is 0 Å². The average molecular weight is 505 g/mol. The molecule has 4 unspecified atom stereocenters. The Kier molecular flexibility index (Phi) is 8.32. The highest BCUT2D eigenvalue weighted by Gasteiger charge is 2.40. The Morgan fingerprint density at radius 2 is 0.892 bits per heavy atom. The molecule has 0 amide bonds. The maximum absolute atomic E-state index is 2.50. The van der Waals surface area contributed by atoms with E-state index in [1.807, 2.05) is 0 Å². The average Bonchev–Trinajstić information content (AvgIpc) is 3.31. The van der Waals surface area contributed by atoms with Crippen LogP contribution in [0, 0.1) is 22.7 Å². The van der Waals surface area contributed by atoms with Gasteiger partial charge in [-0.25, -0.2) is 0 Å². The molecule has 4 rings (SSSR count). The van der Waals surface area contributed by atoms with E-state index in [-0.39, 0.29) is 0 Å². The second kappa shape index (κ2) is 10.9. The molecule has 37 heavy (non-hydrogen) atoms. The van der Waals surface area contributed by atoms with Crippen LogP contribution in [0.3, 0.4) is 0 Å². The van der Waals surface area contributed by atoms with Crippen molar-refractivity contribution in [3.63, 3.8) is 0 Å². The van der Waals surface area contributed by atoms with Crippen molar-refractivity contribution in [1.29, 1.82) is 0 Å². The summed E-state index contributed by atoms with van der Waals surface area (Å²) in [6.07, 6.45) is 6.57. The van der Waals surface area contributed by atoms with Crippen LogP contribution in [0.2, 0.25) is 0 Å². The SMILES string of the molecule is CC(C)(C)Cc1ccc(C[N+]2(C)CCC(CC3CC[N+](C)(Cc4ccc(CC(C)(C)C)cc4)C3)C2)cc1. The minimum absolute atomic E-state index is 0.355. The molecule has 2 heteroatoms. The summed E-state index contributed by atoms with van der Waals surface area (Å²) in [6.45, 7) is 21.8. The van der Waals surface area contributed by atoms with E-state index in [0.717, 1.165) is 24.7 Å². The molecule has 204 valence electrons. The van der Waals surface area contributed by atoms with Crippen LogP contribution in [0.1, 0.15) is 83.1 Å². The number of quaternary nitrogens is 2. The maximum Gasteiger partial charge on any atom is 0.104 e. The largest absolute Gasteiger partial charge is 0.322 e. The molecule has 0 aromatic heterocycles. The molecule has 0 N–H and O–H groups in total. The lowest BCUT2D eigenvalue weighted by molar-refractivity contribution is -0.913. The van der Waals surface area contributed by atoms with Crippen molar-refractivity contribution in [2.24, 2.45) is 22.7 Å². The van der Waals surface area contributed by atoms with Gasteiger partial charge in [-0.1, -0.05) is 90.1 Å². The smallest absolute Gasteiger partial charge is 0.104 e. The van der Waals surface area contributed by atoms with E-state index in [1.165, 1.54) is 89.8 Å². The van der Waals surface area contributed by atoms with Crippen LogP contribution < -0.4 is 0 Å². The zero-order chi connectivity index (χ0) is 26.9. The molecule has 0 saturated carbocycles. The summed E-state index contributed by atoms with van der Waals surface area (Å²) in [6, 6.07) is 19.1. The van der Waals surface area contributed by atoms with Crippen molar-refractivity contribution in [3.05, 3.63) is 70.8 Å². The summed E-state index contributed by atoms with van der Waals surface area (Å²) in [5, 5.41) is 0. The summed E-state index contributed by atoms with van der Waals surface area (Å²) >= 11 is 0. The van der Waals surface area contributed by atoms with Crippen LogP contribution in [0.5, 0.6) is 0 Å². The Balaban J connectivity index is 1.25. The molecule has 2 aliphatic heterocycles. The molecule has 2 aromatic rings. The highest BCUT2D eigenvalue weighted by molar-refractivity contribution is 5.24. The lowest BCUT2D eigenvalue weighted by Gasteiger charge is -2.31. The van der Waals surface area contributed by atoms with E-state index >= 15 is 0 Å². The van der Waals surface area contributed by atoms with Crippen LogP contribution in [0.25, 0.3) is 0 Å². The topological polar surface area (TPSA) is 0 Å². The van der Waals surface area contributed by atoms with E-state index < -0.39 is 0 Å². The second-order valence-corrected chi connectivity index (χ2v) is 16.0. The minimum atomic E-state index is 0.355. The fourth-order valence-corrected chi connectivity index (χ4v) is 7.38. The normalized spacial score (nSPS) is 28.6. The molecule has 2 aliphatic rings. The van der Waals surface area contributed by atoms with E-state index in [0.29, 0.717) is 10.8 Å². The molecular weight excluding hydrogens is 448 g/mol. The molecule has 2 nitrogen and oxygen atoms in total. The van der Waals surface area contributed by atoms with Gasteiger partial charge in [-0.05, 0) is 41.2 Å². The lowest BCUT2D eigenvalue weighted by Crippen LogP contribution is -2.41. The summed E-state index contributed by atoms with van der Waals surface area (Å²) in [4.78, 5) is 0. The van der Waals surface area contributed by atoms with Crippen molar-refractivity contribution in [2.45, 2.75) is 86.7 Å². The van der Waals surface area contributed by atoms with Gasteiger partial charge in [0, 0.05) is 35.8 Å². The predicted octanol–water partition coefficient (Wildman–Crippen LogP) is 7.89. The Bertz CT molecular complexity index is 924. The Labute approximate surface area is 229 Å². The van der Waals surface area contributed by atoms with Gasteiger partial charge < -0.3 is 8.97 Å². The van der Waals surface area contributed by atoms with Crippen LogP contribution in [0.4, 0.5) is 0 Å². The van der Waals surface area contributed by atoms with Crippen molar-refractivity contribution >= 4 is 0 Å². The molecule has 4 atom stereocenters. The molecule has 2 aromatic carbocycles. The molecule has 0 spiro atoms. The van der Waals surface area contributed by atoms with Gasteiger partial charge in [-0.15, -0.1) is 0 Å². The minimum Gasteiger partial charge on any atom is -0.322 e. The standard InChI is InChI=1S/C35H56N2/c1-34(2,3)22-28-9-13-30(14-10-28)24-36(7)19-17-32(26-36)21-33-18-20-37(8,27-33)25-31-15-11-29(12-16-31)23-35(4,5)6/h9-16,32-33H,17-27H2,1-8H3/q+2. The van der Waals surface area contributed by atoms with Gasteiger partial charge in [0.05, 0.1) is 40.3 Å². The first-order valence-electron chi connectivity index (χ1n) is 15.0. The molecule has 0 bridgehead atoms. The van der Waals surface area contributed by atoms with Crippen LogP contribution in [0.15, 0.2) is 48.5 Å². The molecule has 2 heterocycles. The Hall–Kier alpha value is -1.64. The molecule has 2 fully saturated rings. The van der Waals surface area contributed by atoms with Gasteiger partial charge in [-0.2, -0.15) is 0 Å². The van der Waals surface area contributed by atoms with Crippen LogP contribution in [-0.4, -0.2) is 49.2 Å².